The summed E-state index contributed by atoms with van der Waals surface area (Å²) in [4.78, 5) is 70.4. The van der Waals surface area contributed by atoms with Crippen LogP contribution in [0, 0.1) is 12.8 Å². The van der Waals surface area contributed by atoms with E-state index in [4.69, 9.17) is 37.4 Å². The van der Waals surface area contributed by atoms with Crippen LogP contribution >= 0.6 is 7.60 Å². The second-order valence-corrected chi connectivity index (χ2v) is 30.0. The van der Waals surface area contributed by atoms with Gasteiger partial charge in [-0.2, -0.15) is 0 Å². The van der Waals surface area contributed by atoms with Crippen molar-refractivity contribution in [3.8, 4) is 11.5 Å². The average molecular weight is 1210 g/mol. The summed E-state index contributed by atoms with van der Waals surface area (Å²) >= 11 is 0. The number of ether oxygens (including phenoxy) is 6. The quantitative estimate of drug-likeness (QED) is 0.0327. The zero-order valence-electron chi connectivity index (χ0n) is 49.4. The van der Waals surface area contributed by atoms with Crippen molar-refractivity contribution >= 4 is 15.9 Å². The number of rotatable bonds is 22. The molecule has 8 aromatic rings. The second-order valence-electron chi connectivity index (χ2n) is 23.3. The summed E-state index contributed by atoms with van der Waals surface area (Å²) in [6, 6.07) is 54.9. The smallest absolute Gasteiger partial charge is 0.330 e. The highest BCUT2D eigenvalue weighted by molar-refractivity contribution is 7.52. The molecule has 3 N–H and O–H groups in total. The molecule has 86 heavy (non-hydrogen) atoms. The van der Waals surface area contributed by atoms with Crippen LogP contribution in [-0.2, 0) is 43.7 Å². The van der Waals surface area contributed by atoms with E-state index in [1.54, 1.807) is 21.1 Å². The Balaban J connectivity index is 1.06. The predicted octanol–water partition coefficient (Wildman–Crippen LogP) is 10.2. The summed E-state index contributed by atoms with van der Waals surface area (Å²) < 4.78 is 71.6. The number of methoxy groups -OCH3 is 2. The van der Waals surface area contributed by atoms with Crippen molar-refractivity contribution in [3.63, 3.8) is 0 Å². The first-order chi connectivity index (χ1) is 41.2. The lowest BCUT2D eigenvalue weighted by atomic mass is 9.79. The molecule has 0 bridgehead atoms. The summed E-state index contributed by atoms with van der Waals surface area (Å²) in [5.41, 5.74) is -0.598. The Morgan fingerprint density at radius 1 is 0.616 bits per heavy atom. The molecular weight excluding hydrogens is 1130 g/mol. The van der Waals surface area contributed by atoms with Gasteiger partial charge in [-0.3, -0.25) is 33.3 Å². The number of H-pyrrole nitrogens is 2. The van der Waals surface area contributed by atoms with Crippen LogP contribution in [0.1, 0.15) is 78.6 Å². The van der Waals surface area contributed by atoms with Crippen LogP contribution in [-0.4, -0.2) is 90.3 Å². The Kier molecular flexibility index (Phi) is 18.2. The van der Waals surface area contributed by atoms with Gasteiger partial charge in [-0.25, -0.2) is 9.59 Å². The van der Waals surface area contributed by atoms with Crippen molar-refractivity contribution in [2.75, 3.05) is 33.6 Å². The molecule has 2 fully saturated rings. The van der Waals surface area contributed by atoms with Crippen LogP contribution in [0.3, 0.4) is 0 Å². The van der Waals surface area contributed by atoms with Crippen LogP contribution in [0.4, 0.5) is 0 Å². The molecule has 10 rings (SSSR count). The summed E-state index contributed by atoms with van der Waals surface area (Å²) in [6.45, 7) is 11.1. The van der Waals surface area contributed by atoms with Gasteiger partial charge >= 0.3 is 19.0 Å². The van der Waals surface area contributed by atoms with Crippen molar-refractivity contribution in [1.29, 1.82) is 0 Å². The third kappa shape index (κ3) is 12.7. The molecule has 8 atom stereocenters. The van der Waals surface area contributed by atoms with E-state index in [0.29, 0.717) is 11.5 Å². The molecule has 2 aromatic heterocycles. The van der Waals surface area contributed by atoms with E-state index in [1.165, 1.54) is 27.6 Å². The van der Waals surface area contributed by atoms with E-state index >= 15 is 4.57 Å². The van der Waals surface area contributed by atoms with Crippen LogP contribution in [0.25, 0.3) is 0 Å². The van der Waals surface area contributed by atoms with Crippen LogP contribution < -0.4 is 32.0 Å². The molecule has 6 aromatic carbocycles. The molecule has 2 saturated heterocycles. The number of hydrogen-bond donors (Lipinski definition) is 3. The lowest BCUT2D eigenvalue weighted by Crippen LogP contribution is -2.49. The monoisotopic (exact) mass is 1200 g/mol. The van der Waals surface area contributed by atoms with Gasteiger partial charge in [0.2, 0.25) is 0 Å². The molecule has 2 aliphatic heterocycles. The lowest BCUT2D eigenvalue weighted by molar-refractivity contribution is -0.0974. The van der Waals surface area contributed by atoms with Crippen molar-refractivity contribution in [3.05, 3.63) is 269 Å². The fourth-order valence-electron chi connectivity index (χ4n) is 11.4. The van der Waals surface area contributed by atoms with E-state index in [2.05, 4.69) is 30.7 Å². The van der Waals surface area contributed by atoms with Crippen molar-refractivity contribution in [1.82, 2.24) is 19.1 Å². The number of aryl methyl sites for hydroxylation is 1. The zero-order valence-corrected chi connectivity index (χ0v) is 51.3. The van der Waals surface area contributed by atoms with E-state index < -0.39 is 110 Å². The van der Waals surface area contributed by atoms with Gasteiger partial charge in [-0.15, -0.1) is 0 Å². The molecule has 0 amide bonds. The topological polar surface area (TPSA) is 221 Å². The van der Waals surface area contributed by atoms with E-state index in [9.17, 15) is 24.1 Å². The fraction of sp³-hybridized carbons (Fsp3) is 0.333. The molecule has 2 aliphatic rings. The number of hydrogen-bond acceptors (Lipinski definition) is 13. The Morgan fingerprint density at radius 2 is 1.09 bits per heavy atom. The molecule has 0 spiro atoms. The molecule has 1 unspecified atom stereocenters. The normalized spacial score (nSPS) is 20.8. The minimum atomic E-state index is -4.86. The molecule has 0 saturated carbocycles. The molecular formula is C66H73N4O14PSi. The Morgan fingerprint density at radius 3 is 1.58 bits per heavy atom. The van der Waals surface area contributed by atoms with Crippen LogP contribution in [0.5, 0.6) is 11.5 Å². The standard InChI is InChI=1S/C66H73N4O14PSi/c1-44-40-70(63(74)68-60(44)72)58-39-54(83-66(47-25-17-11-18-26-47,48-27-19-12-20-28-48)50-31-35-52(78-6)36-32-50)56(81-58)42-80-85(75,76)43-53-55(82-61(69-38-37-57(71)67-62(69)73)59(53)84-86(7,8)64(2,3)4)41-79-65(45-21-13-9-14-22-45,46-23-15-10-16-24-46)49-29-33-51(77-5)34-30-49/h9-38,40,53-56,58-59,61H,39,41-43H2,1-8H3,(H,75,76)(H,67,71,73)(H,68,72,74)/t53-,54+,55-,56-,58-,59-,61-/m1/s1. The third-order valence-electron chi connectivity index (χ3n) is 16.9. The predicted molar refractivity (Wildman–Crippen MR) is 328 cm³/mol. The summed E-state index contributed by atoms with van der Waals surface area (Å²) in [6.07, 6.45) is -4.36. The SMILES string of the molecule is COc1ccc(C(OC[C@H]2O[C@@H](n3ccc(=O)[nH]c3=O)[C@H](O[Si](C)(C)C(C)(C)C)[C@@H]2CP(=O)(O)OC[C@H]2O[C@@H](n3cc(C)c(=O)[nH]c3=O)C[C@@H]2OC(c2ccccc2)(c2ccccc2)c2ccc(OC)cc2)(c2ccccc2)c2ccccc2)cc1. The number of nitrogens with zero attached hydrogens (tertiary/aromatic N) is 2. The Labute approximate surface area is 499 Å². The third-order valence-corrected chi connectivity index (χ3v) is 22.8. The number of benzene rings is 6. The Hall–Kier alpha value is -7.55. The average Bonchev–Trinajstić information content (AvgIpc) is 1.27. The van der Waals surface area contributed by atoms with Gasteiger partial charge in [-0.1, -0.05) is 166 Å². The van der Waals surface area contributed by atoms with E-state index in [0.717, 1.165) is 33.4 Å². The summed E-state index contributed by atoms with van der Waals surface area (Å²) in [5.74, 6) is 0.210. The van der Waals surface area contributed by atoms with Gasteiger partial charge in [-0.05, 0) is 82.7 Å². The maximum Gasteiger partial charge on any atom is 0.330 e. The molecule has 0 radical (unpaired) electrons. The molecule has 450 valence electrons. The zero-order chi connectivity index (χ0) is 61.0. The van der Waals surface area contributed by atoms with Gasteiger partial charge in [0.15, 0.2) is 14.5 Å². The van der Waals surface area contributed by atoms with Crippen molar-refractivity contribution in [2.24, 2.45) is 5.92 Å². The Bertz CT molecular complexity index is 3800. The van der Waals surface area contributed by atoms with E-state index in [-0.39, 0.29) is 18.6 Å². The molecule has 4 heterocycles. The lowest BCUT2D eigenvalue weighted by Gasteiger charge is -2.41. The van der Waals surface area contributed by atoms with Crippen LogP contribution in [0.15, 0.2) is 207 Å². The highest BCUT2D eigenvalue weighted by Gasteiger charge is 2.55. The fourth-order valence-corrected chi connectivity index (χ4v) is 14.2. The second kappa shape index (κ2) is 25.4. The summed E-state index contributed by atoms with van der Waals surface area (Å²) in [7, 11) is -4.57. The van der Waals surface area contributed by atoms with Gasteiger partial charge in [0.1, 0.15) is 35.0 Å². The maximum absolute atomic E-state index is 15.5. The molecule has 20 heteroatoms. The van der Waals surface area contributed by atoms with Crippen LogP contribution in [0.2, 0.25) is 18.1 Å². The minimum absolute atomic E-state index is 0.0272. The number of nitrogens with one attached hydrogen (secondary N) is 2. The first kappa shape index (κ1) is 61.5. The largest absolute Gasteiger partial charge is 0.497 e. The van der Waals surface area contributed by atoms with E-state index in [1.807, 2.05) is 183 Å². The van der Waals surface area contributed by atoms with Gasteiger partial charge in [0, 0.05) is 36.4 Å². The van der Waals surface area contributed by atoms with Crippen molar-refractivity contribution in [2.45, 2.75) is 100 Å². The number of aromatic nitrogens is 4. The van der Waals surface area contributed by atoms with Gasteiger partial charge < -0.3 is 42.3 Å². The maximum atomic E-state index is 15.5. The first-order valence-electron chi connectivity index (χ1n) is 28.6. The molecule has 0 aliphatic carbocycles. The highest BCUT2D eigenvalue weighted by atomic mass is 31.2. The number of aromatic amines is 2. The van der Waals surface area contributed by atoms with Crippen molar-refractivity contribution < 1.29 is 46.8 Å². The van der Waals surface area contributed by atoms with Gasteiger partial charge in [0.25, 0.3) is 11.1 Å². The van der Waals surface area contributed by atoms with Gasteiger partial charge in [0.05, 0.1) is 51.9 Å². The summed E-state index contributed by atoms with van der Waals surface area (Å²) in [5, 5.41) is -0.408. The first-order valence-corrected chi connectivity index (χ1v) is 33.2. The highest BCUT2D eigenvalue weighted by Crippen LogP contribution is 2.53. The molecule has 18 nitrogen and oxygen atoms in total. The minimum Gasteiger partial charge on any atom is -0.497 e.